The van der Waals surface area contributed by atoms with Crippen LogP contribution in [0.2, 0.25) is 0 Å². The number of carbonyl (C=O) groups excluding carboxylic acids is 2. The highest BCUT2D eigenvalue weighted by atomic mass is 16.5. The van der Waals surface area contributed by atoms with Crippen LogP contribution in [0.1, 0.15) is 52.9 Å². The molecule has 0 bridgehead atoms. The van der Waals surface area contributed by atoms with Gasteiger partial charge in [-0.2, -0.15) is 0 Å². The van der Waals surface area contributed by atoms with Crippen LogP contribution < -0.4 is 26.6 Å². The molecule has 1 aliphatic carbocycles. The third kappa shape index (κ3) is 8.62. The van der Waals surface area contributed by atoms with Crippen molar-refractivity contribution in [2.45, 2.75) is 89.4 Å². The summed E-state index contributed by atoms with van der Waals surface area (Å²) in [6.07, 6.45) is 4.48. The number of ether oxygens (including phenoxy) is 2. The second kappa shape index (κ2) is 15.1. The van der Waals surface area contributed by atoms with Gasteiger partial charge in [0.2, 0.25) is 11.8 Å². The number of nitrogens with zero attached hydrogens (tertiary/aromatic N) is 2. The first kappa shape index (κ1) is 32.0. The molecule has 0 aromatic carbocycles. The van der Waals surface area contributed by atoms with Crippen LogP contribution >= 0.6 is 0 Å². The first-order valence-corrected chi connectivity index (χ1v) is 16.4. The van der Waals surface area contributed by atoms with Crippen LogP contribution in [0.4, 0.5) is 0 Å². The molecule has 5 fully saturated rings. The first-order chi connectivity index (χ1) is 20.2. The van der Waals surface area contributed by atoms with Crippen LogP contribution in [-0.2, 0) is 19.1 Å². The van der Waals surface area contributed by atoms with E-state index in [1.54, 1.807) is 0 Å². The Morgan fingerprint density at radius 2 is 1.98 bits per heavy atom. The summed E-state index contributed by atoms with van der Waals surface area (Å²) in [5.41, 5.74) is 0. The molecule has 4 aliphatic heterocycles. The summed E-state index contributed by atoms with van der Waals surface area (Å²) in [6.45, 7) is 13.5. The highest BCUT2D eigenvalue weighted by molar-refractivity contribution is 5.82. The van der Waals surface area contributed by atoms with Crippen molar-refractivity contribution in [1.29, 1.82) is 0 Å². The fourth-order valence-corrected chi connectivity index (χ4v) is 7.52. The molecule has 42 heavy (non-hydrogen) atoms. The number of fused-ring (bicyclic) bond motifs is 1. The van der Waals surface area contributed by atoms with Gasteiger partial charge >= 0.3 is 0 Å². The number of carbonyl (C=O) groups is 2. The minimum absolute atomic E-state index is 0.0107. The van der Waals surface area contributed by atoms with E-state index in [9.17, 15) is 14.7 Å². The fraction of sp³-hybridized carbons (Fsp3) is 0.933. The number of aliphatic hydroxyl groups excluding tert-OH is 1. The Morgan fingerprint density at radius 1 is 1.14 bits per heavy atom. The lowest BCUT2D eigenvalue weighted by Crippen LogP contribution is -2.67. The van der Waals surface area contributed by atoms with Crippen molar-refractivity contribution in [1.82, 2.24) is 36.4 Å². The van der Waals surface area contributed by atoms with Crippen LogP contribution in [0, 0.1) is 23.7 Å². The van der Waals surface area contributed by atoms with E-state index in [4.69, 9.17) is 9.47 Å². The number of likely N-dealkylation sites (tertiary alicyclic amines) is 2. The van der Waals surface area contributed by atoms with Gasteiger partial charge < -0.3 is 29.7 Å². The van der Waals surface area contributed by atoms with E-state index in [1.807, 2.05) is 4.90 Å². The standard InChI is InChI=1S/C30H55N7O5/c1-19(2)8-29(39)37-13-22(14-37)35-28-9-26(33-17-34-28)30(40)32-10-23(38)15-36-7-6-25-20(3)27(5-4-21(25)12-36)41-16-24-11-31-18-42-24/h19-28,31,33-35,38H,4-18H2,1-3H3,(H,32,40)/t20?,21?,23-,24?,25?,26?,27?,28?/m0/s1. The van der Waals surface area contributed by atoms with Crippen molar-refractivity contribution in [2.24, 2.45) is 23.7 Å². The Labute approximate surface area is 251 Å². The van der Waals surface area contributed by atoms with Gasteiger partial charge in [0.15, 0.2) is 0 Å². The Kier molecular flexibility index (Phi) is 11.5. The average molecular weight is 594 g/mol. The van der Waals surface area contributed by atoms with Crippen molar-refractivity contribution in [2.75, 3.05) is 65.8 Å². The topological polar surface area (TPSA) is 139 Å². The molecule has 6 N–H and O–H groups in total. The van der Waals surface area contributed by atoms with Gasteiger partial charge in [-0.3, -0.25) is 30.9 Å². The van der Waals surface area contributed by atoms with Crippen LogP contribution in [-0.4, -0.2) is 129 Å². The molecular weight excluding hydrogens is 538 g/mol. The van der Waals surface area contributed by atoms with Crippen molar-refractivity contribution in [3.05, 3.63) is 0 Å². The quantitative estimate of drug-likeness (QED) is 0.171. The monoisotopic (exact) mass is 593 g/mol. The molecule has 0 aromatic rings. The maximum atomic E-state index is 12.9. The largest absolute Gasteiger partial charge is 0.390 e. The lowest BCUT2D eigenvalue weighted by molar-refractivity contribution is -0.137. The van der Waals surface area contributed by atoms with Crippen molar-refractivity contribution >= 4 is 11.8 Å². The zero-order chi connectivity index (χ0) is 29.6. The Balaban J connectivity index is 0.963. The number of piperidine rings is 1. The number of β-amino-alcohol motifs (C(OH)–C–C–N with tert-alkyl or cyclic N) is 1. The second-order valence-electron chi connectivity index (χ2n) is 13.8. The number of nitrogens with one attached hydrogen (secondary N) is 5. The molecule has 5 rings (SSSR count). The summed E-state index contributed by atoms with van der Waals surface area (Å²) in [5.74, 6) is 2.35. The maximum absolute atomic E-state index is 12.9. The summed E-state index contributed by atoms with van der Waals surface area (Å²) in [6, 6.07) is -0.0677. The van der Waals surface area contributed by atoms with Gasteiger partial charge in [0.1, 0.15) is 0 Å². The van der Waals surface area contributed by atoms with Crippen molar-refractivity contribution in [3.63, 3.8) is 0 Å². The number of amides is 2. The van der Waals surface area contributed by atoms with Gasteiger partial charge in [0.05, 0.1) is 43.9 Å². The van der Waals surface area contributed by atoms with Crippen molar-refractivity contribution in [3.8, 4) is 0 Å². The minimum Gasteiger partial charge on any atom is -0.390 e. The Morgan fingerprint density at radius 3 is 2.74 bits per heavy atom. The number of rotatable bonds is 12. The van der Waals surface area contributed by atoms with Crippen LogP contribution in [0.25, 0.3) is 0 Å². The van der Waals surface area contributed by atoms with E-state index in [0.717, 1.165) is 52.0 Å². The second-order valence-corrected chi connectivity index (χ2v) is 13.8. The third-order valence-electron chi connectivity index (χ3n) is 9.97. The Bertz CT molecular complexity index is 884. The lowest BCUT2D eigenvalue weighted by Gasteiger charge is -2.47. The molecule has 240 valence electrons. The SMILES string of the molecule is CC(C)CC(=O)N1CC(NC2CC(C(=O)NC[C@H](O)CN3CCC4C(CCC(OCC5CNCO5)C4C)C3)NCN2)C1. The molecule has 5 aliphatic rings. The van der Waals surface area contributed by atoms with Gasteiger partial charge in [0.25, 0.3) is 0 Å². The average Bonchev–Trinajstić information content (AvgIpc) is 3.46. The third-order valence-corrected chi connectivity index (χ3v) is 9.97. The normalized spacial score (nSPS) is 35.1. The summed E-state index contributed by atoms with van der Waals surface area (Å²) >= 11 is 0. The highest BCUT2D eigenvalue weighted by Gasteiger charge is 2.41. The van der Waals surface area contributed by atoms with E-state index in [-0.39, 0.29) is 42.7 Å². The number of aliphatic hydroxyl groups is 1. The molecule has 4 saturated heterocycles. The molecule has 2 amide bonds. The summed E-state index contributed by atoms with van der Waals surface area (Å²) in [4.78, 5) is 29.4. The van der Waals surface area contributed by atoms with Gasteiger partial charge in [0, 0.05) is 64.8 Å². The van der Waals surface area contributed by atoms with Crippen LogP contribution in [0.15, 0.2) is 0 Å². The predicted molar refractivity (Wildman–Crippen MR) is 159 cm³/mol. The van der Waals surface area contributed by atoms with E-state index in [2.05, 4.69) is 52.3 Å². The summed E-state index contributed by atoms with van der Waals surface area (Å²) in [5, 5.41) is 27.1. The summed E-state index contributed by atoms with van der Waals surface area (Å²) in [7, 11) is 0. The molecule has 12 heteroatoms. The molecule has 12 nitrogen and oxygen atoms in total. The highest BCUT2D eigenvalue weighted by Crippen LogP contribution is 2.41. The number of hydrogen-bond acceptors (Lipinski definition) is 10. The van der Waals surface area contributed by atoms with Gasteiger partial charge in [-0.1, -0.05) is 20.8 Å². The molecule has 0 spiro atoms. The van der Waals surface area contributed by atoms with E-state index >= 15 is 0 Å². The van der Waals surface area contributed by atoms with Gasteiger partial charge in [-0.15, -0.1) is 0 Å². The lowest BCUT2D eigenvalue weighted by atomic mass is 9.68. The smallest absolute Gasteiger partial charge is 0.237 e. The molecule has 0 radical (unpaired) electrons. The van der Waals surface area contributed by atoms with Gasteiger partial charge in [-0.25, -0.2) is 0 Å². The number of hydrogen-bond donors (Lipinski definition) is 6. The van der Waals surface area contributed by atoms with E-state index in [0.29, 0.717) is 69.2 Å². The summed E-state index contributed by atoms with van der Waals surface area (Å²) < 4.78 is 11.9. The predicted octanol–water partition coefficient (Wildman–Crippen LogP) is -0.756. The van der Waals surface area contributed by atoms with E-state index in [1.165, 1.54) is 0 Å². The zero-order valence-corrected chi connectivity index (χ0v) is 25.9. The molecule has 8 atom stereocenters. The first-order valence-electron chi connectivity index (χ1n) is 16.4. The Hall–Kier alpha value is -1.38. The van der Waals surface area contributed by atoms with Crippen molar-refractivity contribution < 1.29 is 24.2 Å². The van der Waals surface area contributed by atoms with Crippen LogP contribution in [0.3, 0.4) is 0 Å². The van der Waals surface area contributed by atoms with E-state index < -0.39 is 6.10 Å². The van der Waals surface area contributed by atoms with Crippen LogP contribution in [0.5, 0.6) is 0 Å². The molecule has 0 aromatic heterocycles. The van der Waals surface area contributed by atoms with Gasteiger partial charge in [-0.05, 0) is 49.5 Å². The molecule has 1 saturated carbocycles. The minimum atomic E-state index is -0.595. The molecule has 4 heterocycles. The fourth-order valence-electron chi connectivity index (χ4n) is 7.52. The maximum Gasteiger partial charge on any atom is 0.237 e. The zero-order valence-electron chi connectivity index (χ0n) is 25.9. The molecule has 7 unspecified atom stereocenters. The molecular formula is C30H55N7O5.